The molecule has 1 fully saturated rings. The fourth-order valence-corrected chi connectivity index (χ4v) is 3.76. The topological polar surface area (TPSA) is 66.2 Å². The van der Waals surface area contributed by atoms with Crippen LogP contribution < -0.4 is 9.47 Å². The number of carbonyl (C=O) groups is 1. The summed E-state index contributed by atoms with van der Waals surface area (Å²) in [6.07, 6.45) is 2.37. The van der Waals surface area contributed by atoms with E-state index in [-0.39, 0.29) is 11.0 Å². The average molecular weight is 361 g/mol. The summed E-state index contributed by atoms with van der Waals surface area (Å²) in [5.74, 6) is 2.79. The summed E-state index contributed by atoms with van der Waals surface area (Å²) in [7, 11) is 3.14. The van der Waals surface area contributed by atoms with Crippen LogP contribution in [0.15, 0.2) is 23.4 Å². The van der Waals surface area contributed by atoms with Crippen LogP contribution in [0.25, 0.3) is 0 Å². The lowest BCUT2D eigenvalue weighted by Crippen LogP contribution is -2.15. The fourth-order valence-electron chi connectivity index (χ4n) is 2.76. The van der Waals surface area contributed by atoms with Crippen molar-refractivity contribution in [1.29, 1.82) is 0 Å². The zero-order valence-corrected chi connectivity index (χ0v) is 15.8. The number of thioether (sulfide) groups is 1. The Morgan fingerprint density at radius 1 is 1.28 bits per heavy atom. The molecule has 7 heteroatoms. The molecule has 0 spiro atoms. The van der Waals surface area contributed by atoms with Crippen molar-refractivity contribution in [2.75, 3.05) is 14.2 Å². The van der Waals surface area contributed by atoms with Gasteiger partial charge < -0.3 is 14.0 Å². The van der Waals surface area contributed by atoms with Crippen LogP contribution in [0.5, 0.6) is 11.5 Å². The van der Waals surface area contributed by atoms with Crippen molar-refractivity contribution < 1.29 is 14.3 Å². The summed E-state index contributed by atoms with van der Waals surface area (Å²) in [5, 5.41) is 9.18. The highest BCUT2D eigenvalue weighted by Crippen LogP contribution is 2.40. The van der Waals surface area contributed by atoms with E-state index in [4.69, 9.17) is 9.47 Å². The number of methoxy groups -OCH3 is 2. The largest absolute Gasteiger partial charge is 0.493 e. The summed E-state index contributed by atoms with van der Waals surface area (Å²) in [5.41, 5.74) is 0.600. The van der Waals surface area contributed by atoms with Crippen LogP contribution >= 0.6 is 11.8 Å². The molecule has 0 amide bonds. The molecule has 1 atom stereocenters. The van der Waals surface area contributed by atoms with Crippen molar-refractivity contribution in [3.05, 3.63) is 29.6 Å². The first-order valence-corrected chi connectivity index (χ1v) is 9.33. The third-order valence-electron chi connectivity index (χ3n) is 4.32. The molecule has 3 rings (SSSR count). The lowest BCUT2D eigenvalue weighted by atomic mass is 10.1. The van der Waals surface area contributed by atoms with E-state index < -0.39 is 0 Å². The average Bonchev–Trinajstić information content (AvgIpc) is 3.41. The Labute approximate surface area is 151 Å². The van der Waals surface area contributed by atoms with Crippen LogP contribution in [0.2, 0.25) is 0 Å². The predicted octanol–water partition coefficient (Wildman–Crippen LogP) is 3.56. The van der Waals surface area contributed by atoms with E-state index >= 15 is 0 Å². The highest BCUT2D eigenvalue weighted by atomic mass is 32.2. The molecule has 2 aromatic rings. The molecule has 1 aromatic heterocycles. The highest BCUT2D eigenvalue weighted by Gasteiger charge is 2.31. The quantitative estimate of drug-likeness (QED) is 0.529. The van der Waals surface area contributed by atoms with Crippen molar-refractivity contribution in [2.24, 2.45) is 0 Å². The van der Waals surface area contributed by atoms with Gasteiger partial charge in [-0.05, 0) is 44.9 Å². The van der Waals surface area contributed by atoms with E-state index in [1.54, 1.807) is 32.4 Å². The SMILES string of the molecule is CCn1c(SC(C)C(=O)c2ccc(OC)c(OC)c2)nnc1C1CC1. The molecule has 0 N–H and O–H groups in total. The molecule has 1 heterocycles. The summed E-state index contributed by atoms with van der Waals surface area (Å²) in [4.78, 5) is 12.8. The Kier molecular flexibility index (Phi) is 5.32. The standard InChI is InChI=1S/C18H23N3O3S/c1-5-21-17(12-6-7-12)19-20-18(21)25-11(2)16(22)13-8-9-14(23-3)15(10-13)24-4/h8-12H,5-7H2,1-4H3. The number of hydrogen-bond acceptors (Lipinski definition) is 6. The lowest BCUT2D eigenvalue weighted by molar-refractivity contribution is 0.0993. The van der Waals surface area contributed by atoms with E-state index in [1.807, 2.05) is 6.92 Å². The second-order valence-corrected chi connectivity index (χ2v) is 7.36. The molecular formula is C18H23N3O3S. The van der Waals surface area contributed by atoms with Crippen molar-refractivity contribution >= 4 is 17.5 Å². The Hall–Kier alpha value is -2.02. The van der Waals surface area contributed by atoms with Gasteiger partial charge in [0.2, 0.25) is 0 Å². The summed E-state index contributed by atoms with van der Waals surface area (Å²) >= 11 is 1.45. The number of aromatic nitrogens is 3. The van der Waals surface area contributed by atoms with Crippen molar-refractivity contribution in [1.82, 2.24) is 14.8 Å². The minimum Gasteiger partial charge on any atom is -0.493 e. The van der Waals surface area contributed by atoms with Crippen LogP contribution in [-0.4, -0.2) is 40.0 Å². The number of ketones is 1. The van der Waals surface area contributed by atoms with Crippen LogP contribution in [0.4, 0.5) is 0 Å². The van der Waals surface area contributed by atoms with E-state index in [2.05, 4.69) is 21.7 Å². The maximum Gasteiger partial charge on any atom is 0.191 e. The Morgan fingerprint density at radius 2 is 2.00 bits per heavy atom. The van der Waals surface area contributed by atoms with Gasteiger partial charge in [-0.3, -0.25) is 4.79 Å². The number of nitrogens with zero attached hydrogens (tertiary/aromatic N) is 3. The minimum atomic E-state index is -0.264. The number of hydrogen-bond donors (Lipinski definition) is 0. The van der Waals surface area contributed by atoms with E-state index in [0.717, 1.165) is 17.5 Å². The Morgan fingerprint density at radius 3 is 2.60 bits per heavy atom. The normalized spacial score (nSPS) is 15.0. The number of Topliss-reactive ketones (excluding diaryl/α,β-unsaturated/α-hetero) is 1. The van der Waals surface area contributed by atoms with Crippen molar-refractivity contribution in [3.8, 4) is 11.5 Å². The smallest absolute Gasteiger partial charge is 0.191 e. The summed E-state index contributed by atoms with van der Waals surface area (Å²) in [6.45, 7) is 4.80. The van der Waals surface area contributed by atoms with Crippen molar-refractivity contribution in [3.63, 3.8) is 0 Å². The van der Waals surface area contributed by atoms with Crippen LogP contribution in [-0.2, 0) is 6.54 Å². The summed E-state index contributed by atoms with van der Waals surface area (Å²) in [6, 6.07) is 5.24. The highest BCUT2D eigenvalue weighted by molar-refractivity contribution is 8.00. The maximum absolute atomic E-state index is 12.8. The first kappa shape index (κ1) is 17.8. The zero-order chi connectivity index (χ0) is 18.0. The molecule has 0 bridgehead atoms. The monoisotopic (exact) mass is 361 g/mol. The number of rotatable bonds is 8. The molecular weight excluding hydrogens is 338 g/mol. The van der Waals surface area contributed by atoms with Crippen LogP contribution in [0, 0.1) is 0 Å². The molecule has 1 aliphatic rings. The number of ether oxygens (including phenoxy) is 2. The molecule has 134 valence electrons. The predicted molar refractivity (Wildman–Crippen MR) is 96.9 cm³/mol. The van der Waals surface area contributed by atoms with Gasteiger partial charge in [-0.25, -0.2) is 0 Å². The van der Waals surface area contributed by atoms with Gasteiger partial charge >= 0.3 is 0 Å². The maximum atomic E-state index is 12.8. The lowest BCUT2D eigenvalue weighted by Gasteiger charge is -2.13. The van der Waals surface area contributed by atoms with Gasteiger partial charge in [0.25, 0.3) is 0 Å². The van der Waals surface area contributed by atoms with Gasteiger partial charge in [-0.15, -0.1) is 10.2 Å². The molecule has 0 saturated heterocycles. The van der Waals surface area contributed by atoms with Gasteiger partial charge in [0.1, 0.15) is 5.82 Å². The molecule has 1 saturated carbocycles. The Balaban J connectivity index is 1.77. The van der Waals surface area contributed by atoms with Gasteiger partial charge in [0, 0.05) is 18.0 Å². The molecule has 1 unspecified atom stereocenters. The molecule has 0 aliphatic heterocycles. The van der Waals surface area contributed by atoms with E-state index in [0.29, 0.717) is 23.0 Å². The molecule has 25 heavy (non-hydrogen) atoms. The van der Waals surface area contributed by atoms with Gasteiger partial charge in [0.15, 0.2) is 22.4 Å². The van der Waals surface area contributed by atoms with Crippen molar-refractivity contribution in [2.45, 2.75) is 49.6 Å². The van der Waals surface area contributed by atoms with E-state index in [1.165, 1.54) is 24.6 Å². The summed E-state index contributed by atoms with van der Waals surface area (Å²) < 4.78 is 12.6. The van der Waals surface area contributed by atoms with Crippen LogP contribution in [0.1, 0.15) is 48.8 Å². The Bertz CT molecular complexity index is 771. The first-order valence-electron chi connectivity index (χ1n) is 8.45. The third kappa shape index (κ3) is 3.66. The molecule has 1 aliphatic carbocycles. The van der Waals surface area contributed by atoms with Crippen LogP contribution in [0.3, 0.4) is 0 Å². The molecule has 0 radical (unpaired) electrons. The van der Waals surface area contributed by atoms with Gasteiger partial charge in [-0.1, -0.05) is 11.8 Å². The zero-order valence-electron chi connectivity index (χ0n) is 15.0. The fraction of sp³-hybridized carbons (Fsp3) is 0.500. The second-order valence-electron chi connectivity index (χ2n) is 6.05. The van der Waals surface area contributed by atoms with Gasteiger partial charge in [-0.2, -0.15) is 0 Å². The molecule has 1 aromatic carbocycles. The number of carbonyl (C=O) groups excluding carboxylic acids is 1. The third-order valence-corrected chi connectivity index (χ3v) is 5.40. The minimum absolute atomic E-state index is 0.0320. The first-order chi connectivity index (χ1) is 12.1. The van der Waals surface area contributed by atoms with E-state index in [9.17, 15) is 4.79 Å². The molecule has 6 nitrogen and oxygen atoms in total. The number of benzene rings is 1. The second kappa shape index (κ2) is 7.47. The van der Waals surface area contributed by atoms with Gasteiger partial charge in [0.05, 0.1) is 19.5 Å².